The molecule has 2 atom stereocenters. The topological polar surface area (TPSA) is 67.2 Å². The van der Waals surface area contributed by atoms with Crippen molar-refractivity contribution in [3.8, 4) is 6.07 Å². The summed E-state index contributed by atoms with van der Waals surface area (Å²) in [6, 6.07) is 8.91. The Balaban J connectivity index is 2.56. The fourth-order valence-electron chi connectivity index (χ4n) is 3.21. The molecule has 1 aromatic rings. The van der Waals surface area contributed by atoms with Gasteiger partial charge < -0.3 is 4.74 Å². The molecule has 0 aromatic heterocycles. The predicted molar refractivity (Wildman–Crippen MR) is 91.6 cm³/mol. The van der Waals surface area contributed by atoms with Crippen molar-refractivity contribution >= 4 is 23.4 Å². The number of benzene rings is 1. The molecule has 1 saturated carbocycles. The number of halogens is 1. The minimum Gasteiger partial charge on any atom is -0.459 e. The number of Topliss-reactive ketones (excluding diaryl/α,β-unsaturated/α-hetero) is 1. The number of nitriles is 1. The molecule has 4 nitrogen and oxygen atoms in total. The molecule has 2 unspecified atom stereocenters. The van der Waals surface area contributed by atoms with E-state index in [4.69, 9.17) is 16.3 Å². The van der Waals surface area contributed by atoms with Gasteiger partial charge in [-0.2, -0.15) is 5.26 Å². The Morgan fingerprint density at radius 2 is 2.08 bits per heavy atom. The molecule has 0 heterocycles. The van der Waals surface area contributed by atoms with Crippen LogP contribution in [-0.2, 0) is 19.7 Å². The maximum atomic E-state index is 13.0. The molecular weight excluding hydrogens is 326 g/mol. The van der Waals surface area contributed by atoms with E-state index in [1.54, 1.807) is 45.0 Å². The number of ether oxygens (including phenoxy) is 1. The van der Waals surface area contributed by atoms with Crippen LogP contribution >= 0.6 is 11.6 Å². The number of ketones is 1. The summed E-state index contributed by atoms with van der Waals surface area (Å²) >= 11 is 6.08. The molecular formula is C19H22ClNO3. The number of nitrogens with zero attached hydrogens (tertiary/aromatic N) is 1. The van der Waals surface area contributed by atoms with E-state index < -0.39 is 22.9 Å². The molecule has 1 aliphatic carbocycles. The molecule has 24 heavy (non-hydrogen) atoms. The number of esters is 1. The second kappa shape index (κ2) is 6.94. The zero-order valence-corrected chi connectivity index (χ0v) is 15.0. The maximum absolute atomic E-state index is 13.0. The molecule has 0 amide bonds. The van der Waals surface area contributed by atoms with E-state index in [0.29, 0.717) is 29.8 Å². The molecule has 0 bridgehead atoms. The molecule has 0 radical (unpaired) electrons. The summed E-state index contributed by atoms with van der Waals surface area (Å²) in [6.45, 7) is 5.28. The van der Waals surface area contributed by atoms with Gasteiger partial charge in [-0.25, -0.2) is 4.79 Å². The minimum absolute atomic E-state index is 0.0801. The molecule has 128 valence electrons. The first-order chi connectivity index (χ1) is 11.2. The number of carbonyl (C=O) groups is 2. The van der Waals surface area contributed by atoms with Crippen molar-refractivity contribution in [1.29, 1.82) is 5.26 Å². The Morgan fingerprint density at radius 1 is 1.38 bits per heavy atom. The summed E-state index contributed by atoms with van der Waals surface area (Å²) in [4.78, 5) is 25.0. The summed E-state index contributed by atoms with van der Waals surface area (Å²) < 4.78 is 5.56. The lowest BCUT2D eigenvalue weighted by Crippen LogP contribution is -2.47. The standard InChI is InChI=1S/C19H22ClNO3/c1-18(2,3)24-17(23)19(12-21,13-6-4-8-15(20)10-13)14-7-5-9-16(22)11-14/h4,6,8,10,14H,5,7,9,11H2,1-3H3. The molecule has 0 N–H and O–H groups in total. The Morgan fingerprint density at radius 3 is 2.62 bits per heavy atom. The van der Waals surface area contributed by atoms with Gasteiger partial charge in [-0.15, -0.1) is 0 Å². The van der Waals surface area contributed by atoms with Gasteiger partial charge in [-0.3, -0.25) is 4.79 Å². The Kier molecular flexibility index (Phi) is 5.35. The Labute approximate surface area is 147 Å². The van der Waals surface area contributed by atoms with Gasteiger partial charge in [-0.05, 0) is 57.2 Å². The van der Waals surface area contributed by atoms with Crippen molar-refractivity contribution in [3.05, 3.63) is 34.9 Å². The molecule has 0 spiro atoms. The number of carbonyl (C=O) groups excluding carboxylic acids is 2. The van der Waals surface area contributed by atoms with Crippen molar-refractivity contribution in [2.75, 3.05) is 0 Å². The largest absolute Gasteiger partial charge is 0.459 e. The van der Waals surface area contributed by atoms with Crippen molar-refractivity contribution in [3.63, 3.8) is 0 Å². The van der Waals surface area contributed by atoms with Crippen molar-refractivity contribution in [1.82, 2.24) is 0 Å². The molecule has 0 aliphatic heterocycles. The monoisotopic (exact) mass is 347 g/mol. The molecule has 5 heteroatoms. The molecule has 1 aliphatic rings. The van der Waals surface area contributed by atoms with Crippen LogP contribution in [0.3, 0.4) is 0 Å². The van der Waals surface area contributed by atoms with E-state index in [0.717, 1.165) is 0 Å². The quantitative estimate of drug-likeness (QED) is 0.768. The third kappa shape index (κ3) is 3.79. The third-order valence-electron chi connectivity index (χ3n) is 4.27. The van der Waals surface area contributed by atoms with Crippen LogP contribution in [0, 0.1) is 17.2 Å². The van der Waals surface area contributed by atoms with Crippen LogP contribution in [-0.4, -0.2) is 17.4 Å². The summed E-state index contributed by atoms with van der Waals surface area (Å²) in [7, 11) is 0. The first kappa shape index (κ1) is 18.5. The van der Waals surface area contributed by atoms with E-state index >= 15 is 0 Å². The summed E-state index contributed by atoms with van der Waals surface area (Å²) in [6.07, 6.45) is 2.02. The lowest BCUT2D eigenvalue weighted by atomic mass is 9.65. The van der Waals surface area contributed by atoms with Crippen LogP contribution < -0.4 is 0 Å². The van der Waals surface area contributed by atoms with Crippen molar-refractivity contribution in [2.45, 2.75) is 57.5 Å². The lowest BCUT2D eigenvalue weighted by Gasteiger charge is -2.37. The average Bonchev–Trinajstić information content (AvgIpc) is 2.47. The zero-order chi connectivity index (χ0) is 18.0. The van der Waals surface area contributed by atoms with E-state index in [9.17, 15) is 14.9 Å². The minimum atomic E-state index is -1.52. The van der Waals surface area contributed by atoms with Gasteiger partial charge in [0, 0.05) is 17.9 Å². The first-order valence-electron chi connectivity index (χ1n) is 8.11. The van der Waals surface area contributed by atoms with Gasteiger partial charge in [0.2, 0.25) is 0 Å². The van der Waals surface area contributed by atoms with Gasteiger partial charge in [0.05, 0.1) is 6.07 Å². The number of rotatable bonds is 3. The second-order valence-corrected chi connectivity index (χ2v) is 7.70. The number of hydrogen-bond acceptors (Lipinski definition) is 4. The highest BCUT2D eigenvalue weighted by Gasteiger charge is 2.51. The SMILES string of the molecule is CC(C)(C)OC(=O)C(C#N)(c1cccc(Cl)c1)C1CCCC(=O)C1. The van der Waals surface area contributed by atoms with Crippen LogP contribution in [0.15, 0.2) is 24.3 Å². The molecule has 1 fully saturated rings. The smallest absolute Gasteiger partial charge is 0.331 e. The van der Waals surface area contributed by atoms with Crippen LogP contribution in [0.25, 0.3) is 0 Å². The summed E-state index contributed by atoms with van der Waals surface area (Å²) in [5, 5.41) is 10.5. The van der Waals surface area contributed by atoms with E-state index in [-0.39, 0.29) is 12.2 Å². The van der Waals surface area contributed by atoms with Gasteiger partial charge in [-0.1, -0.05) is 23.7 Å². The number of hydrogen-bond donors (Lipinski definition) is 0. The Hall–Kier alpha value is -1.86. The van der Waals surface area contributed by atoms with E-state index in [1.807, 2.05) is 0 Å². The molecule has 0 saturated heterocycles. The normalized spacial score (nSPS) is 20.8. The highest BCUT2D eigenvalue weighted by atomic mass is 35.5. The summed E-state index contributed by atoms with van der Waals surface area (Å²) in [5.74, 6) is -0.937. The fourth-order valence-corrected chi connectivity index (χ4v) is 3.40. The van der Waals surface area contributed by atoms with Gasteiger partial charge in [0.1, 0.15) is 11.4 Å². The van der Waals surface area contributed by atoms with E-state index in [2.05, 4.69) is 6.07 Å². The highest BCUT2D eigenvalue weighted by Crippen LogP contribution is 2.42. The van der Waals surface area contributed by atoms with Crippen LogP contribution in [0.4, 0.5) is 0 Å². The summed E-state index contributed by atoms with van der Waals surface area (Å²) in [5.41, 5.74) is -1.75. The van der Waals surface area contributed by atoms with Crippen LogP contribution in [0.2, 0.25) is 5.02 Å². The fraction of sp³-hybridized carbons (Fsp3) is 0.526. The van der Waals surface area contributed by atoms with Gasteiger partial charge >= 0.3 is 5.97 Å². The second-order valence-electron chi connectivity index (χ2n) is 7.26. The van der Waals surface area contributed by atoms with Gasteiger partial charge in [0.15, 0.2) is 5.41 Å². The van der Waals surface area contributed by atoms with E-state index in [1.165, 1.54) is 0 Å². The Bertz CT molecular complexity index is 687. The van der Waals surface area contributed by atoms with Gasteiger partial charge in [0.25, 0.3) is 0 Å². The molecule has 1 aromatic carbocycles. The van der Waals surface area contributed by atoms with Crippen LogP contribution in [0.5, 0.6) is 0 Å². The average molecular weight is 348 g/mol. The maximum Gasteiger partial charge on any atom is 0.331 e. The van der Waals surface area contributed by atoms with Crippen LogP contribution in [0.1, 0.15) is 52.0 Å². The highest BCUT2D eigenvalue weighted by molar-refractivity contribution is 6.30. The zero-order valence-electron chi connectivity index (χ0n) is 14.3. The lowest BCUT2D eigenvalue weighted by molar-refractivity contribution is -0.162. The first-order valence-corrected chi connectivity index (χ1v) is 8.49. The van der Waals surface area contributed by atoms with Crippen molar-refractivity contribution in [2.24, 2.45) is 5.92 Å². The molecule has 2 rings (SSSR count). The predicted octanol–water partition coefficient (Wildman–Crippen LogP) is 4.20. The third-order valence-corrected chi connectivity index (χ3v) is 4.51. The van der Waals surface area contributed by atoms with Crippen molar-refractivity contribution < 1.29 is 14.3 Å².